The average Bonchev–Trinajstić information content (AvgIpc) is 3.41. The fraction of sp³-hybridized carbons (Fsp3) is 0.414. The van der Waals surface area contributed by atoms with Gasteiger partial charge in [-0.3, -0.25) is 14.5 Å². The number of carboxylic acid groups (broad SMARTS) is 1. The molecule has 202 valence electrons. The molecule has 1 amide bonds. The molecule has 2 N–H and O–H groups in total. The monoisotopic (exact) mass is 520 g/mol. The molecule has 0 unspecified atom stereocenters. The van der Waals surface area contributed by atoms with Crippen molar-refractivity contribution in [2.45, 2.75) is 51.7 Å². The molecule has 0 aliphatic carbocycles. The summed E-state index contributed by atoms with van der Waals surface area (Å²) in [6, 6.07) is 12.0. The molecule has 2 heterocycles. The molecule has 2 aromatic carbocycles. The van der Waals surface area contributed by atoms with Crippen molar-refractivity contribution in [2.24, 2.45) is 0 Å². The molecule has 3 aromatic rings. The standard InChI is InChI=1S/C29H36N4O5/c1-37-26-8-6-23(16-24(26)18-32-13-12-30-21-32)17-33-19-25-15-22(7-10-29(35)36)5-9-27(25)38-14-4-2-3-11-31-28(34)20-33/h5-6,8-9,12-13,15-16,21H,2-4,7,10-11,14,17-20H2,1H3,(H,31,34)(H,35,36). The lowest BCUT2D eigenvalue weighted by atomic mass is 10.0. The molecule has 0 atom stereocenters. The van der Waals surface area contributed by atoms with Crippen LogP contribution in [0.15, 0.2) is 55.1 Å². The summed E-state index contributed by atoms with van der Waals surface area (Å²) in [5, 5.41) is 12.2. The van der Waals surface area contributed by atoms with E-state index in [9.17, 15) is 9.59 Å². The molecule has 0 fully saturated rings. The van der Waals surface area contributed by atoms with Gasteiger partial charge in [0, 0.05) is 49.6 Å². The maximum atomic E-state index is 12.8. The van der Waals surface area contributed by atoms with E-state index >= 15 is 0 Å². The number of nitrogens with one attached hydrogen (secondary N) is 1. The van der Waals surface area contributed by atoms with Crippen molar-refractivity contribution in [1.29, 1.82) is 0 Å². The van der Waals surface area contributed by atoms with Crippen LogP contribution >= 0.6 is 0 Å². The zero-order chi connectivity index (χ0) is 26.7. The molecular formula is C29H36N4O5. The molecule has 1 aliphatic heterocycles. The average molecular weight is 521 g/mol. The van der Waals surface area contributed by atoms with Crippen LogP contribution in [0, 0.1) is 0 Å². The number of aliphatic carboxylic acids is 1. The van der Waals surface area contributed by atoms with Crippen molar-refractivity contribution in [3.63, 3.8) is 0 Å². The molecule has 1 aromatic heterocycles. The van der Waals surface area contributed by atoms with Gasteiger partial charge in [-0.1, -0.05) is 18.2 Å². The van der Waals surface area contributed by atoms with Gasteiger partial charge in [0.15, 0.2) is 0 Å². The molecule has 0 bridgehead atoms. The number of hydrogen-bond donors (Lipinski definition) is 2. The Hall–Kier alpha value is -3.85. The normalized spacial score (nSPS) is 15.2. The van der Waals surface area contributed by atoms with E-state index in [0.29, 0.717) is 39.2 Å². The van der Waals surface area contributed by atoms with Crippen LogP contribution in [0.25, 0.3) is 0 Å². The van der Waals surface area contributed by atoms with Gasteiger partial charge in [-0.15, -0.1) is 0 Å². The largest absolute Gasteiger partial charge is 0.496 e. The number of rotatable bonds is 8. The zero-order valence-corrected chi connectivity index (χ0v) is 21.9. The van der Waals surface area contributed by atoms with Gasteiger partial charge < -0.3 is 24.5 Å². The minimum Gasteiger partial charge on any atom is -0.496 e. The van der Waals surface area contributed by atoms with Crippen molar-refractivity contribution >= 4 is 11.9 Å². The van der Waals surface area contributed by atoms with Crippen molar-refractivity contribution < 1.29 is 24.2 Å². The van der Waals surface area contributed by atoms with E-state index in [1.807, 2.05) is 41.1 Å². The highest BCUT2D eigenvalue weighted by molar-refractivity contribution is 5.78. The third kappa shape index (κ3) is 8.08. The quantitative estimate of drug-likeness (QED) is 0.467. The molecule has 1 aliphatic rings. The van der Waals surface area contributed by atoms with E-state index in [1.165, 1.54) is 0 Å². The Morgan fingerprint density at radius 2 is 1.97 bits per heavy atom. The minimum atomic E-state index is -0.824. The van der Waals surface area contributed by atoms with Crippen molar-refractivity contribution in [3.05, 3.63) is 77.4 Å². The van der Waals surface area contributed by atoms with Crippen LogP contribution in [0.1, 0.15) is 47.9 Å². The molecule has 4 rings (SSSR count). The number of fused-ring (bicyclic) bond motifs is 1. The fourth-order valence-corrected chi connectivity index (χ4v) is 4.67. The molecule has 9 nitrogen and oxygen atoms in total. The first kappa shape index (κ1) is 27.2. The van der Waals surface area contributed by atoms with Crippen molar-refractivity contribution in [1.82, 2.24) is 19.8 Å². The number of imidazole rings is 1. The van der Waals surface area contributed by atoms with Gasteiger partial charge in [0.05, 0.1) is 33.1 Å². The van der Waals surface area contributed by atoms with Gasteiger partial charge in [-0.25, -0.2) is 4.98 Å². The maximum Gasteiger partial charge on any atom is 0.303 e. The summed E-state index contributed by atoms with van der Waals surface area (Å²) in [6.45, 7) is 3.16. The number of benzene rings is 2. The number of amides is 1. The summed E-state index contributed by atoms with van der Waals surface area (Å²) in [5.41, 5.74) is 3.98. The lowest BCUT2D eigenvalue weighted by Gasteiger charge is -2.24. The van der Waals surface area contributed by atoms with E-state index in [-0.39, 0.29) is 18.9 Å². The van der Waals surface area contributed by atoms with Crippen LogP contribution in [0.3, 0.4) is 0 Å². The number of nitrogens with zero attached hydrogens (tertiary/aromatic N) is 3. The summed E-state index contributed by atoms with van der Waals surface area (Å²) in [6.07, 6.45) is 8.73. The molecular weight excluding hydrogens is 484 g/mol. The van der Waals surface area contributed by atoms with E-state index in [1.54, 1.807) is 19.6 Å². The summed E-state index contributed by atoms with van der Waals surface area (Å²) in [7, 11) is 1.66. The van der Waals surface area contributed by atoms with Crippen molar-refractivity contribution in [2.75, 3.05) is 26.8 Å². The van der Waals surface area contributed by atoms with Gasteiger partial charge in [0.25, 0.3) is 0 Å². The predicted molar refractivity (Wildman–Crippen MR) is 143 cm³/mol. The number of ether oxygens (including phenoxy) is 2. The fourth-order valence-electron chi connectivity index (χ4n) is 4.67. The Bertz CT molecular complexity index is 1210. The van der Waals surface area contributed by atoms with Gasteiger partial charge in [-0.05, 0) is 55.0 Å². The van der Waals surface area contributed by atoms with Gasteiger partial charge in [-0.2, -0.15) is 0 Å². The first-order valence-electron chi connectivity index (χ1n) is 13.1. The summed E-state index contributed by atoms with van der Waals surface area (Å²) < 4.78 is 13.7. The second-order valence-corrected chi connectivity index (χ2v) is 9.62. The highest BCUT2D eigenvalue weighted by Crippen LogP contribution is 2.26. The number of carbonyl (C=O) groups excluding carboxylic acids is 1. The molecule has 9 heteroatoms. The predicted octanol–water partition coefficient (Wildman–Crippen LogP) is 3.64. The third-order valence-electron chi connectivity index (χ3n) is 6.58. The van der Waals surface area contributed by atoms with Gasteiger partial charge >= 0.3 is 5.97 Å². The van der Waals surface area contributed by atoms with E-state index in [4.69, 9.17) is 14.6 Å². The lowest BCUT2D eigenvalue weighted by molar-refractivity contribution is -0.137. The smallest absolute Gasteiger partial charge is 0.303 e. The number of aryl methyl sites for hydroxylation is 1. The summed E-state index contributed by atoms with van der Waals surface area (Å²) in [4.78, 5) is 30.2. The van der Waals surface area contributed by atoms with E-state index in [2.05, 4.69) is 21.3 Å². The molecule has 0 spiro atoms. The molecule has 0 radical (unpaired) electrons. The Labute approximate surface area is 223 Å². The third-order valence-corrected chi connectivity index (χ3v) is 6.58. The number of hydrogen-bond acceptors (Lipinski definition) is 6. The number of carbonyl (C=O) groups is 2. The van der Waals surface area contributed by atoms with E-state index in [0.717, 1.165) is 53.0 Å². The van der Waals surface area contributed by atoms with Crippen molar-refractivity contribution in [3.8, 4) is 11.5 Å². The Morgan fingerprint density at radius 3 is 2.76 bits per heavy atom. The first-order valence-corrected chi connectivity index (χ1v) is 13.1. The van der Waals surface area contributed by atoms with Crippen LogP contribution in [-0.4, -0.2) is 58.2 Å². The Morgan fingerprint density at radius 1 is 1.11 bits per heavy atom. The topological polar surface area (TPSA) is 106 Å². The minimum absolute atomic E-state index is 0.0131. The maximum absolute atomic E-state index is 12.8. The number of carboxylic acids is 1. The highest BCUT2D eigenvalue weighted by atomic mass is 16.5. The van der Waals surface area contributed by atoms with Crippen LogP contribution in [0.4, 0.5) is 0 Å². The van der Waals surface area contributed by atoms with Gasteiger partial charge in [0.1, 0.15) is 11.5 Å². The number of aromatic nitrogens is 2. The molecule has 38 heavy (non-hydrogen) atoms. The van der Waals surface area contributed by atoms with Crippen LogP contribution in [0.5, 0.6) is 11.5 Å². The Balaban J connectivity index is 1.60. The molecule has 0 saturated carbocycles. The summed E-state index contributed by atoms with van der Waals surface area (Å²) in [5.74, 6) is 0.742. The molecule has 0 saturated heterocycles. The summed E-state index contributed by atoms with van der Waals surface area (Å²) >= 11 is 0. The van der Waals surface area contributed by atoms with Crippen LogP contribution < -0.4 is 14.8 Å². The number of methoxy groups -OCH3 is 1. The van der Waals surface area contributed by atoms with Crippen LogP contribution in [0.2, 0.25) is 0 Å². The second-order valence-electron chi connectivity index (χ2n) is 9.62. The van der Waals surface area contributed by atoms with Gasteiger partial charge in [0.2, 0.25) is 5.91 Å². The van der Waals surface area contributed by atoms with E-state index < -0.39 is 5.97 Å². The van der Waals surface area contributed by atoms with Crippen LogP contribution in [-0.2, 0) is 35.6 Å². The Kier molecular flexibility index (Phi) is 9.75. The second kappa shape index (κ2) is 13.6. The SMILES string of the molecule is COc1ccc(CN2CC(=O)NCCCCCOc3ccc(CCC(=O)O)cc3C2)cc1Cn1ccnc1. The highest BCUT2D eigenvalue weighted by Gasteiger charge is 2.17. The zero-order valence-electron chi connectivity index (χ0n) is 21.9. The first-order chi connectivity index (χ1) is 18.5. The lowest BCUT2D eigenvalue weighted by Crippen LogP contribution is -2.37.